The number of piperidine rings is 1. The van der Waals surface area contributed by atoms with Gasteiger partial charge < -0.3 is 20.1 Å². The van der Waals surface area contributed by atoms with Gasteiger partial charge in [0.25, 0.3) is 0 Å². The topological polar surface area (TPSA) is 57.6 Å². The zero-order valence-corrected chi connectivity index (χ0v) is 21.8. The van der Waals surface area contributed by atoms with Crippen molar-refractivity contribution in [1.29, 1.82) is 0 Å². The summed E-state index contributed by atoms with van der Waals surface area (Å²) >= 11 is 0. The van der Waals surface area contributed by atoms with Gasteiger partial charge in [0.05, 0.1) is 11.1 Å². The lowest BCUT2D eigenvalue weighted by molar-refractivity contribution is -0.137. The number of fused-ring (bicyclic) bond motifs is 1. The van der Waals surface area contributed by atoms with Gasteiger partial charge in [-0.25, -0.2) is 0 Å². The molecule has 0 spiro atoms. The van der Waals surface area contributed by atoms with E-state index in [9.17, 15) is 18.3 Å². The Balaban J connectivity index is 1.24. The minimum Gasteiger partial charge on any atom is -0.491 e. The van der Waals surface area contributed by atoms with Gasteiger partial charge in [0.1, 0.15) is 18.5 Å². The maximum Gasteiger partial charge on any atom is 0.416 e. The number of benzene rings is 3. The number of nitrogens with zero attached hydrogens (tertiary/aromatic N) is 2. The van der Waals surface area contributed by atoms with Gasteiger partial charge in [-0.3, -0.25) is 4.98 Å². The van der Waals surface area contributed by atoms with Crippen molar-refractivity contribution in [3.8, 4) is 5.75 Å². The maximum absolute atomic E-state index is 13.7. The van der Waals surface area contributed by atoms with Crippen molar-refractivity contribution in [2.45, 2.75) is 38.0 Å². The van der Waals surface area contributed by atoms with E-state index in [1.54, 1.807) is 6.07 Å². The molecule has 1 atom stereocenters. The molecule has 1 aromatic heterocycles. The fraction of sp³-hybridized carbons (Fsp3) is 0.323. The van der Waals surface area contributed by atoms with Crippen LogP contribution in [0.4, 0.5) is 24.5 Å². The van der Waals surface area contributed by atoms with Crippen LogP contribution in [0.1, 0.15) is 35.6 Å². The Hall–Kier alpha value is -3.62. The summed E-state index contributed by atoms with van der Waals surface area (Å²) in [6, 6.07) is 23.2. The van der Waals surface area contributed by atoms with Crippen molar-refractivity contribution >= 4 is 22.3 Å². The first-order valence-electron chi connectivity index (χ1n) is 13.2. The van der Waals surface area contributed by atoms with Crippen molar-refractivity contribution < 1.29 is 23.0 Å². The van der Waals surface area contributed by atoms with Crippen LogP contribution < -0.4 is 10.1 Å². The van der Waals surface area contributed by atoms with E-state index in [0.29, 0.717) is 18.2 Å². The van der Waals surface area contributed by atoms with Gasteiger partial charge in [-0.2, -0.15) is 13.2 Å². The van der Waals surface area contributed by atoms with E-state index < -0.39 is 17.8 Å². The molecule has 0 amide bonds. The number of likely N-dealkylation sites (tertiary alicyclic amines) is 1. The Morgan fingerprint density at radius 1 is 1.00 bits per heavy atom. The lowest BCUT2D eigenvalue weighted by Gasteiger charge is -2.33. The second-order valence-corrected chi connectivity index (χ2v) is 10.1. The maximum atomic E-state index is 13.7. The zero-order valence-electron chi connectivity index (χ0n) is 21.8. The molecule has 0 unspecified atom stereocenters. The van der Waals surface area contributed by atoms with Crippen LogP contribution in [-0.2, 0) is 6.18 Å². The number of para-hydroxylation sites is 1. The van der Waals surface area contributed by atoms with Crippen LogP contribution >= 0.6 is 0 Å². The van der Waals surface area contributed by atoms with Crippen LogP contribution in [0.2, 0.25) is 0 Å². The minimum atomic E-state index is -4.55. The fourth-order valence-electron chi connectivity index (χ4n) is 5.20. The standard InChI is InChI=1S/C31H32F3N3O2/c1-21-15-30(28-9-5-6-10-29(28)35-21)36-25-16-24(31(32,33)34)17-27(18-25)39-20-26(38)19-37-13-11-23(12-14-37)22-7-3-2-4-8-22/h2-10,15-18,23,26,38H,11-14,19-20H2,1H3,(H,35,36)/t26-/m0/s1. The quantitative estimate of drug-likeness (QED) is 0.256. The van der Waals surface area contributed by atoms with Crippen LogP contribution in [0.3, 0.4) is 0 Å². The summed E-state index contributed by atoms with van der Waals surface area (Å²) in [5.41, 5.74) is 2.91. The molecule has 5 nitrogen and oxygen atoms in total. The lowest BCUT2D eigenvalue weighted by atomic mass is 9.89. The number of aromatic nitrogens is 1. The molecule has 2 heterocycles. The van der Waals surface area contributed by atoms with Crippen molar-refractivity contribution in [2.24, 2.45) is 0 Å². The second-order valence-electron chi connectivity index (χ2n) is 10.1. The molecule has 204 valence electrons. The summed E-state index contributed by atoms with van der Waals surface area (Å²) < 4.78 is 46.8. The van der Waals surface area contributed by atoms with Crippen LogP contribution in [0, 0.1) is 6.92 Å². The summed E-state index contributed by atoms with van der Waals surface area (Å²) in [5, 5.41) is 14.5. The predicted octanol–water partition coefficient (Wildman–Crippen LogP) is 6.92. The molecule has 8 heteroatoms. The van der Waals surface area contributed by atoms with E-state index in [2.05, 4.69) is 39.5 Å². The van der Waals surface area contributed by atoms with E-state index in [4.69, 9.17) is 4.74 Å². The van der Waals surface area contributed by atoms with Gasteiger partial charge in [-0.15, -0.1) is 0 Å². The molecule has 0 radical (unpaired) electrons. The number of anilines is 2. The van der Waals surface area contributed by atoms with Crippen LogP contribution in [0.25, 0.3) is 10.9 Å². The first-order chi connectivity index (χ1) is 18.7. The molecule has 0 aliphatic carbocycles. The number of β-amino-alcohol motifs (C(OH)–C–C–N with tert-alkyl or cyclic N) is 1. The molecule has 2 N–H and O–H groups in total. The average Bonchev–Trinajstić information content (AvgIpc) is 2.92. The molecule has 0 bridgehead atoms. The van der Waals surface area contributed by atoms with Gasteiger partial charge in [0.15, 0.2) is 0 Å². The van der Waals surface area contributed by atoms with Gasteiger partial charge in [-0.05, 0) is 68.6 Å². The van der Waals surface area contributed by atoms with E-state index in [0.717, 1.165) is 54.7 Å². The molecular weight excluding hydrogens is 503 g/mol. The summed E-state index contributed by atoms with van der Waals surface area (Å²) in [6.07, 6.45) is -3.36. The van der Waals surface area contributed by atoms with E-state index in [-0.39, 0.29) is 18.0 Å². The minimum absolute atomic E-state index is 0.0456. The largest absolute Gasteiger partial charge is 0.491 e. The Bertz CT molecular complexity index is 1400. The van der Waals surface area contributed by atoms with Crippen LogP contribution in [-0.4, -0.2) is 47.3 Å². The highest BCUT2D eigenvalue weighted by molar-refractivity contribution is 5.93. The summed E-state index contributed by atoms with van der Waals surface area (Å²) in [4.78, 5) is 6.68. The van der Waals surface area contributed by atoms with Crippen molar-refractivity contribution in [2.75, 3.05) is 31.6 Å². The number of nitrogens with one attached hydrogen (secondary N) is 1. The van der Waals surface area contributed by atoms with E-state index >= 15 is 0 Å². The smallest absolute Gasteiger partial charge is 0.416 e. The lowest BCUT2D eigenvalue weighted by Crippen LogP contribution is -2.40. The van der Waals surface area contributed by atoms with Crippen LogP contribution in [0.5, 0.6) is 5.75 Å². The molecule has 5 rings (SSSR count). The molecular formula is C31H32F3N3O2. The molecule has 39 heavy (non-hydrogen) atoms. The third kappa shape index (κ3) is 6.88. The molecule has 1 fully saturated rings. The number of pyridine rings is 1. The molecule has 1 aliphatic rings. The number of halogens is 3. The number of ether oxygens (including phenoxy) is 1. The Labute approximate surface area is 226 Å². The number of hydrogen-bond donors (Lipinski definition) is 2. The number of aliphatic hydroxyl groups is 1. The van der Waals surface area contributed by atoms with Crippen LogP contribution in [0.15, 0.2) is 78.9 Å². The summed E-state index contributed by atoms with van der Waals surface area (Å²) in [6.45, 7) is 3.86. The number of aryl methyl sites for hydroxylation is 1. The number of rotatable bonds is 8. The highest BCUT2D eigenvalue weighted by atomic mass is 19.4. The van der Waals surface area contributed by atoms with E-state index in [1.807, 2.05) is 37.3 Å². The molecule has 3 aromatic carbocycles. The fourth-order valence-corrected chi connectivity index (χ4v) is 5.20. The van der Waals surface area contributed by atoms with Crippen molar-refractivity contribution in [3.63, 3.8) is 0 Å². The van der Waals surface area contributed by atoms with Crippen molar-refractivity contribution in [1.82, 2.24) is 9.88 Å². The van der Waals surface area contributed by atoms with Gasteiger partial charge in [-0.1, -0.05) is 48.5 Å². The highest BCUT2D eigenvalue weighted by Crippen LogP contribution is 2.36. The first-order valence-corrected chi connectivity index (χ1v) is 13.2. The number of hydrogen-bond acceptors (Lipinski definition) is 5. The highest BCUT2D eigenvalue weighted by Gasteiger charge is 2.32. The Kier molecular flexibility index (Phi) is 8.04. The van der Waals surface area contributed by atoms with Crippen molar-refractivity contribution in [3.05, 3.63) is 95.7 Å². The third-order valence-corrected chi connectivity index (χ3v) is 7.13. The first kappa shape index (κ1) is 27.0. The van der Waals surface area contributed by atoms with Gasteiger partial charge >= 0.3 is 6.18 Å². The van der Waals surface area contributed by atoms with Gasteiger partial charge in [0, 0.05) is 35.1 Å². The average molecular weight is 536 g/mol. The summed E-state index contributed by atoms with van der Waals surface area (Å²) in [7, 11) is 0. The van der Waals surface area contributed by atoms with E-state index in [1.165, 1.54) is 11.6 Å². The Morgan fingerprint density at radius 3 is 2.46 bits per heavy atom. The SMILES string of the molecule is Cc1cc(Nc2cc(OC[C@@H](O)CN3CCC(c4ccccc4)CC3)cc(C(F)(F)F)c2)c2ccccc2n1. The molecule has 1 saturated heterocycles. The molecule has 0 saturated carbocycles. The second kappa shape index (κ2) is 11.6. The monoisotopic (exact) mass is 535 g/mol. The normalized spacial score (nSPS) is 15.8. The third-order valence-electron chi connectivity index (χ3n) is 7.13. The zero-order chi connectivity index (χ0) is 27.4. The molecule has 1 aliphatic heterocycles. The number of aliphatic hydroxyl groups excluding tert-OH is 1. The predicted molar refractivity (Wildman–Crippen MR) is 148 cm³/mol. The summed E-state index contributed by atoms with van der Waals surface area (Å²) in [5.74, 6) is 0.553. The molecule has 4 aromatic rings. The number of alkyl halides is 3. The van der Waals surface area contributed by atoms with Gasteiger partial charge in [0.2, 0.25) is 0 Å². The Morgan fingerprint density at radius 2 is 1.72 bits per heavy atom.